The van der Waals surface area contributed by atoms with E-state index >= 15 is 0 Å². The van der Waals surface area contributed by atoms with Crippen molar-refractivity contribution in [2.24, 2.45) is 0 Å². The van der Waals surface area contributed by atoms with Crippen molar-refractivity contribution in [3.8, 4) is 17.1 Å². The van der Waals surface area contributed by atoms with Crippen molar-refractivity contribution in [2.45, 2.75) is 26.0 Å². The monoisotopic (exact) mass is 412 g/mol. The minimum atomic E-state index is -0.0315. The number of amides is 1. The van der Waals surface area contributed by atoms with E-state index < -0.39 is 0 Å². The fourth-order valence-electron chi connectivity index (χ4n) is 3.11. The van der Waals surface area contributed by atoms with Crippen molar-refractivity contribution < 1.29 is 13.9 Å². The molecule has 0 saturated carbocycles. The molecule has 0 aliphatic heterocycles. The fourth-order valence-corrected chi connectivity index (χ4v) is 3.11. The molecule has 4 rings (SSSR count). The number of aryl methyl sites for hydroxylation is 1. The summed E-state index contributed by atoms with van der Waals surface area (Å²) in [6.07, 6.45) is 2.50. The number of benzene rings is 3. The molecule has 0 aliphatic carbocycles. The molecule has 0 bridgehead atoms. The summed E-state index contributed by atoms with van der Waals surface area (Å²) in [5, 5.41) is 2.95. The van der Waals surface area contributed by atoms with Crippen LogP contribution in [0.4, 0.5) is 0 Å². The third-order valence-electron chi connectivity index (χ3n) is 4.84. The molecule has 5 nitrogen and oxygen atoms in total. The van der Waals surface area contributed by atoms with E-state index in [0.29, 0.717) is 37.6 Å². The number of nitrogens with one attached hydrogen (secondary N) is 1. The van der Waals surface area contributed by atoms with E-state index in [2.05, 4.69) is 10.3 Å². The predicted molar refractivity (Wildman–Crippen MR) is 119 cm³/mol. The Morgan fingerprint density at radius 3 is 2.29 bits per heavy atom. The first-order chi connectivity index (χ1) is 15.3. The topological polar surface area (TPSA) is 64.4 Å². The Labute approximate surface area is 181 Å². The molecule has 1 amide bonds. The first kappa shape index (κ1) is 20.4. The molecule has 156 valence electrons. The molecule has 31 heavy (non-hydrogen) atoms. The van der Waals surface area contributed by atoms with E-state index in [4.69, 9.17) is 9.15 Å². The maximum atomic E-state index is 12.2. The third kappa shape index (κ3) is 6.06. The first-order valence-corrected chi connectivity index (χ1v) is 10.3. The van der Waals surface area contributed by atoms with Gasteiger partial charge in [-0.05, 0) is 23.3 Å². The lowest BCUT2D eigenvalue weighted by Crippen LogP contribution is -2.23. The van der Waals surface area contributed by atoms with Gasteiger partial charge in [-0.15, -0.1) is 0 Å². The van der Waals surface area contributed by atoms with Crippen molar-refractivity contribution >= 4 is 5.91 Å². The Kier molecular flexibility index (Phi) is 6.75. The summed E-state index contributed by atoms with van der Waals surface area (Å²) in [5.41, 5.74) is 3.10. The van der Waals surface area contributed by atoms with Crippen LogP contribution in [0.2, 0.25) is 0 Å². The molecular weight excluding hydrogens is 388 g/mol. The summed E-state index contributed by atoms with van der Waals surface area (Å²) in [6, 6.07) is 27.6. The molecule has 1 aromatic heterocycles. The average Bonchev–Trinajstić information content (AvgIpc) is 3.31. The van der Waals surface area contributed by atoms with E-state index in [9.17, 15) is 4.79 Å². The molecule has 4 aromatic rings. The van der Waals surface area contributed by atoms with Gasteiger partial charge in [0.25, 0.3) is 0 Å². The number of rotatable bonds is 9. The molecule has 0 radical (unpaired) electrons. The highest BCUT2D eigenvalue weighted by Gasteiger charge is 2.09. The summed E-state index contributed by atoms with van der Waals surface area (Å²) < 4.78 is 11.5. The highest BCUT2D eigenvalue weighted by atomic mass is 16.5. The van der Waals surface area contributed by atoms with Crippen LogP contribution >= 0.6 is 0 Å². The number of carbonyl (C=O) groups is 1. The number of nitrogens with zero attached hydrogens (tertiary/aromatic N) is 1. The maximum absolute atomic E-state index is 12.2. The molecule has 0 saturated heterocycles. The molecule has 3 aromatic carbocycles. The maximum Gasteiger partial charge on any atom is 0.220 e. The van der Waals surface area contributed by atoms with Crippen molar-refractivity contribution in [2.75, 3.05) is 0 Å². The van der Waals surface area contributed by atoms with Crippen LogP contribution in [0.15, 0.2) is 95.5 Å². The number of para-hydroxylation sites is 1. The Bertz CT molecular complexity index is 1090. The van der Waals surface area contributed by atoms with Gasteiger partial charge in [0.15, 0.2) is 11.7 Å². The molecule has 0 spiro atoms. The number of aromatic nitrogens is 1. The zero-order valence-electron chi connectivity index (χ0n) is 17.2. The first-order valence-electron chi connectivity index (χ1n) is 10.3. The van der Waals surface area contributed by atoms with Gasteiger partial charge in [-0.1, -0.05) is 72.8 Å². The van der Waals surface area contributed by atoms with Gasteiger partial charge >= 0.3 is 0 Å². The second kappa shape index (κ2) is 10.3. The summed E-state index contributed by atoms with van der Waals surface area (Å²) in [7, 11) is 0. The van der Waals surface area contributed by atoms with Gasteiger partial charge in [0.05, 0.1) is 6.20 Å². The standard InChI is InChI=1S/C26H24N2O3/c29-25(15-16-26-28-18-24(31-26)22-7-3-1-4-8-22)27-17-20-11-13-21(14-12-20)19-30-23-9-5-2-6-10-23/h1-14,18H,15-17,19H2,(H,27,29). The average molecular weight is 412 g/mol. The van der Waals surface area contributed by atoms with Gasteiger partial charge in [0.2, 0.25) is 5.91 Å². The molecule has 0 fully saturated rings. The Hall–Kier alpha value is -3.86. The number of ether oxygens (including phenoxy) is 1. The van der Waals surface area contributed by atoms with Gasteiger partial charge in [0.1, 0.15) is 12.4 Å². The largest absolute Gasteiger partial charge is 0.489 e. The lowest BCUT2D eigenvalue weighted by atomic mass is 10.1. The number of hydrogen-bond acceptors (Lipinski definition) is 4. The van der Waals surface area contributed by atoms with E-state index in [1.165, 1.54) is 0 Å². The van der Waals surface area contributed by atoms with Crippen LogP contribution in [-0.2, 0) is 24.4 Å². The summed E-state index contributed by atoms with van der Waals surface area (Å²) in [5.74, 6) is 2.10. The minimum Gasteiger partial charge on any atom is -0.489 e. The summed E-state index contributed by atoms with van der Waals surface area (Å²) in [6.45, 7) is 0.997. The van der Waals surface area contributed by atoms with Crippen LogP contribution in [0.3, 0.4) is 0 Å². The second-order valence-corrected chi connectivity index (χ2v) is 7.18. The molecule has 0 aliphatic rings. The van der Waals surface area contributed by atoms with Crippen LogP contribution in [0.25, 0.3) is 11.3 Å². The highest BCUT2D eigenvalue weighted by molar-refractivity contribution is 5.76. The predicted octanol–water partition coefficient (Wildman–Crippen LogP) is 5.17. The van der Waals surface area contributed by atoms with Crippen LogP contribution in [0, 0.1) is 0 Å². The molecule has 0 atom stereocenters. The van der Waals surface area contributed by atoms with E-state index in [1.807, 2.05) is 84.9 Å². The lowest BCUT2D eigenvalue weighted by Gasteiger charge is -2.08. The molecule has 5 heteroatoms. The molecule has 1 heterocycles. The van der Waals surface area contributed by atoms with E-state index in [0.717, 1.165) is 22.4 Å². The Morgan fingerprint density at radius 2 is 1.55 bits per heavy atom. The minimum absolute atomic E-state index is 0.0315. The van der Waals surface area contributed by atoms with Crippen molar-refractivity contribution in [3.05, 3.63) is 108 Å². The van der Waals surface area contributed by atoms with Gasteiger partial charge in [-0.25, -0.2) is 4.98 Å². The van der Waals surface area contributed by atoms with Crippen LogP contribution in [0.5, 0.6) is 5.75 Å². The van der Waals surface area contributed by atoms with Crippen LogP contribution < -0.4 is 10.1 Å². The molecule has 0 unspecified atom stereocenters. The van der Waals surface area contributed by atoms with Crippen molar-refractivity contribution in [1.82, 2.24) is 10.3 Å². The number of carbonyl (C=O) groups excluding carboxylic acids is 1. The normalized spacial score (nSPS) is 10.6. The molecule has 1 N–H and O–H groups in total. The van der Waals surface area contributed by atoms with Gasteiger partial charge in [-0.3, -0.25) is 4.79 Å². The van der Waals surface area contributed by atoms with Gasteiger partial charge in [-0.2, -0.15) is 0 Å². The lowest BCUT2D eigenvalue weighted by molar-refractivity contribution is -0.121. The third-order valence-corrected chi connectivity index (χ3v) is 4.84. The second-order valence-electron chi connectivity index (χ2n) is 7.18. The summed E-state index contributed by atoms with van der Waals surface area (Å²) >= 11 is 0. The quantitative estimate of drug-likeness (QED) is 0.412. The van der Waals surface area contributed by atoms with Crippen LogP contribution in [0.1, 0.15) is 23.4 Å². The number of oxazole rings is 1. The summed E-state index contributed by atoms with van der Waals surface area (Å²) in [4.78, 5) is 16.5. The zero-order valence-corrected chi connectivity index (χ0v) is 17.2. The van der Waals surface area contributed by atoms with Crippen molar-refractivity contribution in [3.63, 3.8) is 0 Å². The Balaban J connectivity index is 1.20. The zero-order chi connectivity index (χ0) is 21.3. The highest BCUT2D eigenvalue weighted by Crippen LogP contribution is 2.20. The van der Waals surface area contributed by atoms with E-state index in [-0.39, 0.29) is 5.91 Å². The fraction of sp³-hybridized carbons (Fsp3) is 0.154. The SMILES string of the molecule is O=C(CCc1ncc(-c2ccccc2)o1)NCc1ccc(COc2ccccc2)cc1. The van der Waals surface area contributed by atoms with E-state index in [1.54, 1.807) is 6.20 Å². The van der Waals surface area contributed by atoms with Crippen molar-refractivity contribution in [1.29, 1.82) is 0 Å². The molecular formula is C26H24N2O3. The van der Waals surface area contributed by atoms with Gasteiger partial charge < -0.3 is 14.5 Å². The number of hydrogen-bond donors (Lipinski definition) is 1. The smallest absolute Gasteiger partial charge is 0.220 e. The Morgan fingerprint density at radius 1 is 0.871 bits per heavy atom. The van der Waals surface area contributed by atoms with Crippen LogP contribution in [-0.4, -0.2) is 10.9 Å². The van der Waals surface area contributed by atoms with Gasteiger partial charge in [0, 0.05) is 24.9 Å².